The Kier molecular flexibility index (Phi) is 6.50. The van der Waals surface area contributed by atoms with E-state index in [9.17, 15) is 0 Å². The lowest BCUT2D eigenvalue weighted by atomic mass is 9.96. The summed E-state index contributed by atoms with van der Waals surface area (Å²) in [6, 6.07) is 16.7. The molecule has 0 aliphatic heterocycles. The van der Waals surface area contributed by atoms with Crippen LogP contribution in [0.3, 0.4) is 0 Å². The maximum absolute atomic E-state index is 4.54. The lowest BCUT2D eigenvalue weighted by molar-refractivity contribution is 0.646. The molecule has 3 rings (SSSR count). The van der Waals surface area contributed by atoms with E-state index < -0.39 is 0 Å². The third kappa shape index (κ3) is 5.08. The second-order valence-corrected chi connectivity index (χ2v) is 8.34. The quantitative estimate of drug-likeness (QED) is 0.400. The lowest BCUT2D eigenvalue weighted by Crippen LogP contribution is -2.06. The Hall–Kier alpha value is -1.92. The first-order valence-electron chi connectivity index (χ1n) is 8.97. The number of benzene rings is 2. The van der Waals surface area contributed by atoms with Gasteiger partial charge in [0.1, 0.15) is 0 Å². The first kappa shape index (κ1) is 19.8. The second kappa shape index (κ2) is 8.85. The summed E-state index contributed by atoms with van der Waals surface area (Å²) in [5, 5.41) is 13.4. The molecule has 1 heterocycles. The molecule has 0 saturated carbocycles. The molecule has 0 fully saturated rings. The minimum Gasteiger partial charge on any atom is -0.191 e. The van der Waals surface area contributed by atoms with Gasteiger partial charge in [-0.3, -0.25) is 0 Å². The van der Waals surface area contributed by atoms with Gasteiger partial charge in [-0.2, -0.15) is 9.78 Å². The summed E-state index contributed by atoms with van der Waals surface area (Å²) in [6.07, 6.45) is 2.88. The van der Waals surface area contributed by atoms with Crippen molar-refractivity contribution in [3.05, 3.63) is 75.5 Å². The normalized spacial score (nSPS) is 12.8. The molecule has 1 atom stereocenters. The molecule has 0 spiro atoms. The van der Waals surface area contributed by atoms with E-state index in [1.54, 1.807) is 10.9 Å². The van der Waals surface area contributed by atoms with Crippen molar-refractivity contribution in [3.8, 4) is 0 Å². The number of rotatable bonds is 6. The van der Waals surface area contributed by atoms with Gasteiger partial charge in [-0.25, -0.2) is 0 Å². The summed E-state index contributed by atoms with van der Waals surface area (Å²) in [5.41, 5.74) is 3.53. The highest BCUT2D eigenvalue weighted by atomic mass is 79.9. The molecule has 2 aromatic carbocycles. The van der Waals surface area contributed by atoms with E-state index in [-0.39, 0.29) is 5.92 Å². The average Bonchev–Trinajstić information content (AvgIpc) is 3.01. The van der Waals surface area contributed by atoms with Crippen LogP contribution in [0.1, 0.15) is 49.2 Å². The predicted octanol–water partition coefficient (Wildman–Crippen LogP) is 5.56. The highest BCUT2D eigenvalue weighted by Crippen LogP contribution is 2.25. The minimum absolute atomic E-state index is 0.0635. The zero-order valence-corrected chi connectivity index (χ0v) is 18.2. The van der Waals surface area contributed by atoms with Crippen molar-refractivity contribution >= 4 is 34.8 Å². The van der Waals surface area contributed by atoms with E-state index in [1.807, 2.05) is 24.3 Å². The monoisotopic (exact) mass is 442 g/mol. The summed E-state index contributed by atoms with van der Waals surface area (Å²) in [7, 11) is 0. The lowest BCUT2D eigenvalue weighted by Gasteiger charge is -2.12. The van der Waals surface area contributed by atoms with Crippen LogP contribution >= 0.6 is 28.6 Å². The molecule has 6 heteroatoms. The van der Waals surface area contributed by atoms with Crippen molar-refractivity contribution in [1.82, 2.24) is 14.9 Å². The van der Waals surface area contributed by atoms with Crippen LogP contribution < -0.4 is 0 Å². The highest BCUT2D eigenvalue weighted by Gasteiger charge is 2.18. The Labute approximate surface area is 174 Å². The summed E-state index contributed by atoms with van der Waals surface area (Å²) in [4.78, 5) is 0. The molecular formula is C21H23BrN4S. The standard InChI is InChI=1S/C21H23BrN4S/c1-14(2)12-16-4-8-18(9-5-16)15(3)20-24-25-21(27)26(20)23-13-17-6-10-19(22)11-7-17/h4-11,13-15H,12H2,1-3H3,(H,25,27)/b23-13+. The van der Waals surface area contributed by atoms with Crippen molar-refractivity contribution in [2.75, 3.05) is 0 Å². The van der Waals surface area contributed by atoms with E-state index >= 15 is 0 Å². The van der Waals surface area contributed by atoms with Gasteiger partial charge in [0.25, 0.3) is 0 Å². The van der Waals surface area contributed by atoms with Gasteiger partial charge in [-0.1, -0.05) is 73.1 Å². The highest BCUT2D eigenvalue weighted by molar-refractivity contribution is 9.10. The van der Waals surface area contributed by atoms with E-state index in [1.165, 1.54) is 11.1 Å². The third-order valence-corrected chi connectivity index (χ3v) is 5.16. The molecule has 0 amide bonds. The topological polar surface area (TPSA) is 43.1 Å². The average molecular weight is 443 g/mol. The molecule has 1 unspecified atom stereocenters. The van der Waals surface area contributed by atoms with Crippen molar-refractivity contribution in [2.45, 2.75) is 38.3 Å². The Morgan fingerprint density at radius 2 is 1.70 bits per heavy atom. The molecule has 0 aliphatic carbocycles. The smallest absolute Gasteiger partial charge is 0.191 e. The van der Waals surface area contributed by atoms with Crippen molar-refractivity contribution < 1.29 is 0 Å². The maximum Gasteiger partial charge on any atom is 0.208 e. The fourth-order valence-electron chi connectivity index (χ4n) is 2.90. The van der Waals surface area contributed by atoms with E-state index in [2.05, 4.69) is 88.9 Å². The van der Waals surface area contributed by atoms with Crippen molar-refractivity contribution in [2.24, 2.45) is 11.0 Å². The summed E-state index contributed by atoms with van der Waals surface area (Å²) >= 11 is 7.85. The maximum atomic E-state index is 4.54. The van der Waals surface area contributed by atoms with Crippen LogP contribution in [-0.4, -0.2) is 21.1 Å². The van der Waals surface area contributed by atoms with Crippen LogP contribution in [0.4, 0.5) is 0 Å². The van der Waals surface area contributed by atoms with Crippen LogP contribution in [0.2, 0.25) is 0 Å². The van der Waals surface area contributed by atoms with Gasteiger partial charge in [-0.05, 0) is 41.2 Å². The number of hydrogen-bond donors (Lipinski definition) is 1. The Morgan fingerprint density at radius 3 is 2.33 bits per heavy atom. The molecule has 4 nitrogen and oxygen atoms in total. The second-order valence-electron chi connectivity index (χ2n) is 7.03. The summed E-state index contributed by atoms with van der Waals surface area (Å²) in [5.74, 6) is 1.48. The van der Waals surface area contributed by atoms with E-state index in [0.717, 1.165) is 22.3 Å². The van der Waals surface area contributed by atoms with Gasteiger partial charge in [0.05, 0.1) is 6.21 Å². The zero-order chi connectivity index (χ0) is 19.4. The van der Waals surface area contributed by atoms with Gasteiger partial charge in [0.15, 0.2) is 5.82 Å². The molecular weight excluding hydrogens is 420 g/mol. The molecule has 1 aromatic heterocycles. The number of nitrogens with zero attached hydrogens (tertiary/aromatic N) is 4. The Bertz CT molecular complexity index is 914. The van der Waals surface area contributed by atoms with Crippen LogP contribution in [0.15, 0.2) is 63.3 Å². The predicted molar refractivity (Wildman–Crippen MR) is 117 cm³/mol. The molecule has 0 N–H and O–H groups in total. The van der Waals surface area contributed by atoms with Crippen LogP contribution in [0.5, 0.6) is 0 Å². The van der Waals surface area contributed by atoms with Gasteiger partial charge >= 0.3 is 0 Å². The number of thiol groups is 1. The van der Waals surface area contributed by atoms with Gasteiger partial charge in [0.2, 0.25) is 5.16 Å². The molecule has 3 aromatic rings. The molecule has 27 heavy (non-hydrogen) atoms. The largest absolute Gasteiger partial charge is 0.208 e. The third-order valence-electron chi connectivity index (χ3n) is 4.35. The summed E-state index contributed by atoms with van der Waals surface area (Å²) < 4.78 is 2.73. The summed E-state index contributed by atoms with van der Waals surface area (Å²) in [6.45, 7) is 6.58. The molecule has 0 aliphatic rings. The van der Waals surface area contributed by atoms with Crippen molar-refractivity contribution in [3.63, 3.8) is 0 Å². The van der Waals surface area contributed by atoms with Gasteiger partial charge in [0, 0.05) is 10.4 Å². The Balaban J connectivity index is 1.83. The SMILES string of the molecule is CC(C)Cc1ccc(C(C)c2nnc(S)n2/N=C/c2ccc(Br)cc2)cc1. The van der Waals surface area contributed by atoms with Crippen LogP contribution in [-0.2, 0) is 6.42 Å². The van der Waals surface area contributed by atoms with Crippen LogP contribution in [0, 0.1) is 5.92 Å². The fraction of sp³-hybridized carbons (Fsp3) is 0.286. The first-order valence-corrected chi connectivity index (χ1v) is 10.2. The van der Waals surface area contributed by atoms with E-state index in [0.29, 0.717) is 11.1 Å². The zero-order valence-electron chi connectivity index (χ0n) is 15.7. The van der Waals surface area contributed by atoms with Crippen molar-refractivity contribution in [1.29, 1.82) is 0 Å². The van der Waals surface area contributed by atoms with E-state index in [4.69, 9.17) is 0 Å². The fourth-order valence-corrected chi connectivity index (χ4v) is 3.36. The molecule has 0 saturated heterocycles. The van der Waals surface area contributed by atoms with Crippen LogP contribution in [0.25, 0.3) is 0 Å². The van der Waals surface area contributed by atoms with Gasteiger partial charge < -0.3 is 0 Å². The van der Waals surface area contributed by atoms with Gasteiger partial charge in [-0.15, -0.1) is 22.8 Å². The number of halogens is 1. The number of hydrogen-bond acceptors (Lipinski definition) is 4. The minimum atomic E-state index is 0.0635. The molecule has 0 radical (unpaired) electrons. The number of aromatic nitrogens is 3. The molecule has 0 bridgehead atoms. The first-order chi connectivity index (χ1) is 12.9. The Morgan fingerprint density at radius 1 is 1.04 bits per heavy atom. The molecule has 140 valence electrons.